The van der Waals surface area contributed by atoms with Crippen molar-refractivity contribution in [1.29, 1.82) is 0 Å². The van der Waals surface area contributed by atoms with Crippen molar-refractivity contribution in [3.05, 3.63) is 35.9 Å². The lowest BCUT2D eigenvalue weighted by Gasteiger charge is -2.14. The van der Waals surface area contributed by atoms with Crippen LogP contribution >= 0.6 is 11.6 Å². The summed E-state index contributed by atoms with van der Waals surface area (Å²) < 4.78 is 0. The highest BCUT2D eigenvalue weighted by Gasteiger charge is 2.21. The van der Waals surface area contributed by atoms with E-state index in [4.69, 9.17) is 11.6 Å². The van der Waals surface area contributed by atoms with Crippen LogP contribution in [0.5, 0.6) is 0 Å². The first-order valence-corrected chi connectivity index (χ1v) is 4.44. The van der Waals surface area contributed by atoms with E-state index in [1.807, 2.05) is 6.07 Å². The number of carbonyl (C=O) groups is 1. The molecule has 0 aliphatic heterocycles. The van der Waals surface area contributed by atoms with Crippen molar-refractivity contribution in [3.63, 3.8) is 0 Å². The molecule has 0 aliphatic rings. The Balaban J connectivity index is 2.79. The molecule has 0 heterocycles. The number of halogens is 1. The minimum Gasteiger partial charge on any atom is -0.386 e. The van der Waals surface area contributed by atoms with Gasteiger partial charge in [-0.3, -0.25) is 4.79 Å². The fourth-order valence-corrected chi connectivity index (χ4v) is 1.19. The van der Waals surface area contributed by atoms with Gasteiger partial charge in [-0.05, 0) is 12.5 Å². The van der Waals surface area contributed by atoms with Crippen LogP contribution < -0.4 is 0 Å². The first-order chi connectivity index (χ1) is 6.13. The molecule has 0 radical (unpaired) electrons. The van der Waals surface area contributed by atoms with E-state index in [1.165, 1.54) is 6.92 Å². The predicted molar refractivity (Wildman–Crippen MR) is 51.7 cm³/mol. The number of rotatable bonds is 3. The van der Waals surface area contributed by atoms with E-state index in [0.29, 0.717) is 5.56 Å². The molecule has 70 valence electrons. The molecule has 2 nitrogen and oxygen atoms in total. The smallest absolute Gasteiger partial charge is 0.150 e. The zero-order chi connectivity index (χ0) is 9.84. The Morgan fingerprint density at radius 2 is 1.92 bits per heavy atom. The number of alkyl halides is 1. The molecule has 0 saturated heterocycles. The minimum absolute atomic E-state index is 0.224. The van der Waals surface area contributed by atoms with Crippen molar-refractivity contribution >= 4 is 17.4 Å². The van der Waals surface area contributed by atoms with Gasteiger partial charge in [0, 0.05) is 0 Å². The summed E-state index contributed by atoms with van der Waals surface area (Å²) in [6.07, 6.45) is -0.916. The Labute approximate surface area is 82.2 Å². The van der Waals surface area contributed by atoms with Gasteiger partial charge in [0.15, 0.2) is 5.78 Å². The van der Waals surface area contributed by atoms with Crippen LogP contribution in [0.1, 0.15) is 18.6 Å². The van der Waals surface area contributed by atoms with Crippen molar-refractivity contribution in [3.8, 4) is 0 Å². The Hall–Kier alpha value is -0.860. The highest BCUT2D eigenvalue weighted by molar-refractivity contribution is 6.31. The molecule has 1 N–H and O–H groups in total. The van der Waals surface area contributed by atoms with Gasteiger partial charge >= 0.3 is 0 Å². The van der Waals surface area contributed by atoms with Crippen LogP contribution in [-0.4, -0.2) is 16.3 Å². The molecule has 0 bridgehead atoms. The molecule has 3 heteroatoms. The maximum atomic E-state index is 10.9. The van der Waals surface area contributed by atoms with Crippen LogP contribution in [0.3, 0.4) is 0 Å². The van der Waals surface area contributed by atoms with Crippen molar-refractivity contribution in [2.75, 3.05) is 0 Å². The lowest BCUT2D eigenvalue weighted by atomic mass is 10.0. The molecule has 0 amide bonds. The molecular formula is C10H11ClO2. The average molecular weight is 199 g/mol. The van der Waals surface area contributed by atoms with E-state index in [9.17, 15) is 9.90 Å². The second kappa shape index (κ2) is 4.40. The van der Waals surface area contributed by atoms with Crippen molar-refractivity contribution in [2.45, 2.75) is 18.4 Å². The lowest BCUT2D eigenvalue weighted by Crippen LogP contribution is -2.19. The maximum absolute atomic E-state index is 10.9. The van der Waals surface area contributed by atoms with Gasteiger partial charge in [-0.1, -0.05) is 30.3 Å². The van der Waals surface area contributed by atoms with E-state index < -0.39 is 11.5 Å². The monoisotopic (exact) mass is 198 g/mol. The minimum atomic E-state index is -0.916. The molecule has 0 saturated carbocycles. The molecule has 2 unspecified atom stereocenters. The number of Topliss-reactive ketones (excluding diaryl/α,β-unsaturated/α-hetero) is 1. The van der Waals surface area contributed by atoms with Gasteiger partial charge < -0.3 is 5.11 Å². The molecule has 0 spiro atoms. The van der Waals surface area contributed by atoms with Crippen LogP contribution in [0.25, 0.3) is 0 Å². The number of aliphatic hydroxyl groups excluding tert-OH is 1. The number of aliphatic hydroxyl groups is 1. The van der Waals surface area contributed by atoms with Gasteiger partial charge in [0.25, 0.3) is 0 Å². The molecule has 0 aliphatic carbocycles. The Bertz CT molecular complexity index is 284. The summed E-state index contributed by atoms with van der Waals surface area (Å²) in [6, 6.07) is 8.91. The second-order valence-corrected chi connectivity index (χ2v) is 3.34. The Kier molecular flexibility index (Phi) is 3.46. The molecule has 0 fully saturated rings. The second-order valence-electron chi connectivity index (χ2n) is 2.87. The summed E-state index contributed by atoms with van der Waals surface area (Å²) in [7, 11) is 0. The Morgan fingerprint density at radius 1 is 1.38 bits per heavy atom. The SMILES string of the molecule is CC(=O)C(Cl)C(O)c1ccccc1. The zero-order valence-electron chi connectivity index (χ0n) is 7.27. The van der Waals surface area contributed by atoms with Crippen LogP contribution in [-0.2, 0) is 4.79 Å². The zero-order valence-corrected chi connectivity index (χ0v) is 8.03. The number of hydrogen-bond donors (Lipinski definition) is 1. The first-order valence-electron chi connectivity index (χ1n) is 4.00. The fourth-order valence-electron chi connectivity index (χ4n) is 1.04. The van der Waals surface area contributed by atoms with Crippen LogP contribution in [0.4, 0.5) is 0 Å². The highest BCUT2D eigenvalue weighted by atomic mass is 35.5. The maximum Gasteiger partial charge on any atom is 0.150 e. The van der Waals surface area contributed by atoms with Crippen LogP contribution in [0.15, 0.2) is 30.3 Å². The quantitative estimate of drug-likeness (QED) is 0.754. The molecule has 0 aromatic heterocycles. The summed E-state index contributed by atoms with van der Waals surface area (Å²) >= 11 is 5.70. The van der Waals surface area contributed by atoms with E-state index in [0.717, 1.165) is 0 Å². The molecule has 2 atom stereocenters. The van der Waals surface area contributed by atoms with E-state index in [-0.39, 0.29) is 5.78 Å². The number of hydrogen-bond acceptors (Lipinski definition) is 2. The summed E-state index contributed by atoms with van der Waals surface area (Å²) in [5.41, 5.74) is 0.665. The first kappa shape index (κ1) is 10.2. The number of benzene rings is 1. The van der Waals surface area contributed by atoms with E-state index in [1.54, 1.807) is 24.3 Å². The number of ketones is 1. The fraction of sp³-hybridized carbons (Fsp3) is 0.300. The van der Waals surface area contributed by atoms with Crippen molar-refractivity contribution < 1.29 is 9.90 Å². The molecule has 1 aromatic carbocycles. The summed E-state index contributed by atoms with van der Waals surface area (Å²) in [4.78, 5) is 10.9. The topological polar surface area (TPSA) is 37.3 Å². The third-order valence-electron chi connectivity index (χ3n) is 1.81. The molecular weight excluding hydrogens is 188 g/mol. The van der Waals surface area contributed by atoms with E-state index >= 15 is 0 Å². The highest BCUT2D eigenvalue weighted by Crippen LogP contribution is 2.21. The number of carbonyl (C=O) groups excluding carboxylic acids is 1. The summed E-state index contributed by atoms with van der Waals surface area (Å²) in [6.45, 7) is 1.36. The molecule has 1 rings (SSSR count). The molecule has 1 aromatic rings. The summed E-state index contributed by atoms with van der Waals surface area (Å²) in [5.74, 6) is -0.224. The van der Waals surface area contributed by atoms with E-state index in [2.05, 4.69) is 0 Å². The summed E-state index contributed by atoms with van der Waals surface area (Å²) in [5, 5.41) is 8.75. The van der Waals surface area contributed by atoms with Gasteiger partial charge in [0.2, 0.25) is 0 Å². The predicted octanol–water partition coefficient (Wildman–Crippen LogP) is 1.92. The third-order valence-corrected chi connectivity index (χ3v) is 2.35. The van der Waals surface area contributed by atoms with Gasteiger partial charge in [0.05, 0.1) is 0 Å². The van der Waals surface area contributed by atoms with Gasteiger partial charge in [0.1, 0.15) is 11.5 Å². The molecule has 13 heavy (non-hydrogen) atoms. The average Bonchev–Trinajstić information content (AvgIpc) is 2.17. The van der Waals surface area contributed by atoms with Crippen LogP contribution in [0, 0.1) is 0 Å². The van der Waals surface area contributed by atoms with Crippen molar-refractivity contribution in [1.82, 2.24) is 0 Å². The van der Waals surface area contributed by atoms with Crippen LogP contribution in [0.2, 0.25) is 0 Å². The largest absolute Gasteiger partial charge is 0.386 e. The Morgan fingerprint density at radius 3 is 2.38 bits per heavy atom. The van der Waals surface area contributed by atoms with Gasteiger partial charge in [-0.2, -0.15) is 0 Å². The lowest BCUT2D eigenvalue weighted by molar-refractivity contribution is -0.118. The van der Waals surface area contributed by atoms with Crippen molar-refractivity contribution in [2.24, 2.45) is 0 Å². The van der Waals surface area contributed by atoms with Gasteiger partial charge in [-0.25, -0.2) is 0 Å². The van der Waals surface area contributed by atoms with Gasteiger partial charge in [-0.15, -0.1) is 11.6 Å². The third kappa shape index (κ3) is 2.54. The standard InChI is InChI=1S/C10H11ClO2/c1-7(12)9(11)10(13)8-5-3-2-4-6-8/h2-6,9-10,13H,1H3. The normalized spacial score (nSPS) is 15.0.